The van der Waals surface area contributed by atoms with Gasteiger partial charge in [0.15, 0.2) is 0 Å². The van der Waals surface area contributed by atoms with Gasteiger partial charge in [-0.15, -0.1) is 11.3 Å². The summed E-state index contributed by atoms with van der Waals surface area (Å²) in [7, 11) is 2.05. The minimum atomic E-state index is -0.0417. The molecular weight excluding hydrogens is 358 g/mol. The fraction of sp³-hybridized carbons (Fsp3) is 0.429. The molecule has 2 heterocycles. The van der Waals surface area contributed by atoms with E-state index >= 15 is 0 Å². The third kappa shape index (κ3) is 4.22. The molecule has 3 aromatic rings. The van der Waals surface area contributed by atoms with Gasteiger partial charge in [-0.3, -0.25) is 9.69 Å². The summed E-state index contributed by atoms with van der Waals surface area (Å²) in [6.07, 6.45) is 0.902. The number of nitrogens with one attached hydrogen (secondary N) is 1. The van der Waals surface area contributed by atoms with Gasteiger partial charge in [-0.05, 0) is 58.4 Å². The van der Waals surface area contributed by atoms with E-state index in [4.69, 9.17) is 9.72 Å². The number of rotatable bonds is 7. The highest BCUT2D eigenvalue weighted by Crippen LogP contribution is 2.27. The van der Waals surface area contributed by atoms with Crippen molar-refractivity contribution in [3.05, 3.63) is 56.4 Å². The maximum atomic E-state index is 12.5. The lowest BCUT2D eigenvalue weighted by atomic mass is 10.2. The normalized spacial score (nSPS) is 12.7. The van der Waals surface area contributed by atoms with Gasteiger partial charge in [-0.1, -0.05) is 18.2 Å². The molecule has 1 unspecified atom stereocenters. The first kappa shape index (κ1) is 19.6. The van der Waals surface area contributed by atoms with E-state index in [-0.39, 0.29) is 11.6 Å². The summed E-state index contributed by atoms with van der Waals surface area (Å²) in [5.41, 5.74) is 2.14. The molecule has 0 radical (unpaired) electrons. The Kier molecular flexibility index (Phi) is 5.97. The monoisotopic (exact) mass is 385 g/mol. The molecule has 0 saturated carbocycles. The number of aryl methyl sites for hydroxylation is 3. The van der Waals surface area contributed by atoms with E-state index in [9.17, 15) is 4.79 Å². The average molecular weight is 386 g/mol. The number of nitrogens with zero attached hydrogens (tertiary/aromatic N) is 2. The number of fused-ring (bicyclic) bond motifs is 1. The molecule has 0 amide bonds. The highest BCUT2D eigenvalue weighted by molar-refractivity contribution is 7.18. The third-order valence-electron chi connectivity index (χ3n) is 5.12. The molecular formula is C21H27N3O2S. The molecule has 1 N–H and O–H groups in total. The molecule has 144 valence electrons. The summed E-state index contributed by atoms with van der Waals surface area (Å²) in [4.78, 5) is 24.3. The van der Waals surface area contributed by atoms with Gasteiger partial charge in [0.2, 0.25) is 0 Å². The van der Waals surface area contributed by atoms with Crippen LogP contribution in [0.4, 0.5) is 0 Å². The first-order valence-electron chi connectivity index (χ1n) is 9.27. The topological polar surface area (TPSA) is 58.2 Å². The maximum absolute atomic E-state index is 12.5. The number of H-pyrrole nitrogens is 1. The van der Waals surface area contributed by atoms with E-state index in [2.05, 4.69) is 29.8 Å². The van der Waals surface area contributed by atoms with Gasteiger partial charge < -0.3 is 9.72 Å². The molecule has 0 saturated heterocycles. The van der Waals surface area contributed by atoms with Crippen LogP contribution in [0.2, 0.25) is 0 Å². The molecule has 0 aliphatic carbocycles. The average Bonchev–Trinajstić information content (AvgIpc) is 2.93. The number of hydrogen-bond donors (Lipinski definition) is 1. The van der Waals surface area contributed by atoms with Crippen LogP contribution < -0.4 is 10.3 Å². The second kappa shape index (κ2) is 8.23. The Balaban J connectivity index is 1.62. The first-order valence-corrected chi connectivity index (χ1v) is 10.1. The van der Waals surface area contributed by atoms with Crippen LogP contribution in [0, 0.1) is 20.8 Å². The first-order chi connectivity index (χ1) is 12.9. The molecule has 0 bridgehead atoms. The second-order valence-electron chi connectivity index (χ2n) is 7.04. The van der Waals surface area contributed by atoms with Gasteiger partial charge >= 0.3 is 0 Å². The van der Waals surface area contributed by atoms with Crippen molar-refractivity contribution in [3.8, 4) is 5.75 Å². The van der Waals surface area contributed by atoms with Crippen LogP contribution in [0.1, 0.15) is 41.2 Å². The van der Waals surface area contributed by atoms with E-state index < -0.39 is 0 Å². The summed E-state index contributed by atoms with van der Waals surface area (Å²) >= 11 is 1.59. The van der Waals surface area contributed by atoms with Crippen LogP contribution >= 0.6 is 11.3 Å². The van der Waals surface area contributed by atoms with Gasteiger partial charge in [0.05, 0.1) is 18.0 Å². The van der Waals surface area contributed by atoms with E-state index in [1.165, 1.54) is 0 Å². The molecule has 0 fully saturated rings. The summed E-state index contributed by atoms with van der Waals surface area (Å²) < 4.78 is 5.87. The molecule has 0 aliphatic rings. The van der Waals surface area contributed by atoms with E-state index in [0.717, 1.165) is 50.8 Å². The molecule has 3 rings (SSSR count). The minimum Gasteiger partial charge on any atom is -0.493 e. The predicted molar refractivity (Wildman–Crippen MR) is 112 cm³/mol. The van der Waals surface area contributed by atoms with Crippen LogP contribution in [0.3, 0.4) is 0 Å². The molecule has 6 heteroatoms. The van der Waals surface area contributed by atoms with Gasteiger partial charge in [0.25, 0.3) is 5.56 Å². The lowest BCUT2D eigenvalue weighted by molar-refractivity contribution is 0.220. The standard InChI is InChI=1S/C21H27N3O2S/c1-13-9-6-7-10-17(13)26-12-8-11-24(5)15(3)19-22-20(25)18-14(2)16(4)27-21(18)23-19/h6-7,9-10,15H,8,11-12H2,1-5H3,(H,22,23,25). The summed E-state index contributed by atoms with van der Waals surface area (Å²) in [6.45, 7) is 9.65. The van der Waals surface area contributed by atoms with Crippen molar-refractivity contribution in [2.45, 2.75) is 40.2 Å². The fourth-order valence-corrected chi connectivity index (χ4v) is 4.12. The Labute approximate surface area is 164 Å². The maximum Gasteiger partial charge on any atom is 0.259 e. The molecule has 0 aliphatic heterocycles. The molecule has 2 aromatic heterocycles. The number of thiophene rings is 1. The van der Waals surface area contributed by atoms with Crippen molar-refractivity contribution < 1.29 is 4.74 Å². The highest BCUT2D eigenvalue weighted by atomic mass is 32.1. The van der Waals surface area contributed by atoms with Crippen molar-refractivity contribution in [1.82, 2.24) is 14.9 Å². The zero-order valence-corrected chi connectivity index (χ0v) is 17.4. The van der Waals surface area contributed by atoms with Crippen molar-refractivity contribution >= 4 is 21.6 Å². The predicted octanol–water partition coefficient (Wildman–Crippen LogP) is 4.37. The number of hydrogen-bond acceptors (Lipinski definition) is 5. The number of ether oxygens (including phenoxy) is 1. The molecule has 27 heavy (non-hydrogen) atoms. The smallest absolute Gasteiger partial charge is 0.259 e. The Hall–Kier alpha value is -2.18. The number of aromatic amines is 1. The van der Waals surface area contributed by atoms with Gasteiger partial charge in [0.1, 0.15) is 16.4 Å². The van der Waals surface area contributed by atoms with Crippen LogP contribution in [0.25, 0.3) is 10.2 Å². The largest absolute Gasteiger partial charge is 0.493 e. The third-order valence-corrected chi connectivity index (χ3v) is 6.22. The Morgan fingerprint density at radius 3 is 2.74 bits per heavy atom. The van der Waals surface area contributed by atoms with Crippen LogP contribution in [-0.4, -0.2) is 35.1 Å². The Morgan fingerprint density at radius 2 is 2.00 bits per heavy atom. The highest BCUT2D eigenvalue weighted by Gasteiger charge is 2.18. The van der Waals surface area contributed by atoms with Crippen molar-refractivity contribution in [1.29, 1.82) is 0 Å². The SMILES string of the molecule is Cc1ccccc1OCCCN(C)C(C)c1nc2sc(C)c(C)c2c(=O)[nH]1. The Morgan fingerprint density at radius 1 is 1.26 bits per heavy atom. The van der Waals surface area contributed by atoms with Crippen LogP contribution in [-0.2, 0) is 0 Å². The number of para-hydroxylation sites is 1. The summed E-state index contributed by atoms with van der Waals surface area (Å²) in [5.74, 6) is 1.66. The van der Waals surface area contributed by atoms with Gasteiger partial charge in [-0.25, -0.2) is 4.98 Å². The Bertz CT molecular complexity index is 993. The van der Waals surface area contributed by atoms with E-state index in [0.29, 0.717) is 6.61 Å². The van der Waals surface area contributed by atoms with Crippen molar-refractivity contribution in [2.75, 3.05) is 20.2 Å². The van der Waals surface area contributed by atoms with E-state index in [1.54, 1.807) is 11.3 Å². The van der Waals surface area contributed by atoms with Crippen molar-refractivity contribution in [2.24, 2.45) is 0 Å². The molecule has 0 spiro atoms. The molecule has 1 aromatic carbocycles. The van der Waals surface area contributed by atoms with Crippen LogP contribution in [0.5, 0.6) is 5.75 Å². The van der Waals surface area contributed by atoms with Gasteiger partial charge in [-0.2, -0.15) is 0 Å². The molecule has 1 atom stereocenters. The second-order valence-corrected chi connectivity index (χ2v) is 8.24. The number of benzene rings is 1. The van der Waals surface area contributed by atoms with E-state index in [1.807, 2.05) is 39.1 Å². The number of aromatic nitrogens is 2. The lowest BCUT2D eigenvalue weighted by Crippen LogP contribution is -2.27. The zero-order chi connectivity index (χ0) is 19.6. The van der Waals surface area contributed by atoms with Crippen molar-refractivity contribution in [3.63, 3.8) is 0 Å². The minimum absolute atomic E-state index is 0.0308. The quantitative estimate of drug-likeness (QED) is 0.614. The summed E-state index contributed by atoms with van der Waals surface area (Å²) in [6, 6.07) is 8.08. The van der Waals surface area contributed by atoms with Crippen LogP contribution in [0.15, 0.2) is 29.1 Å². The zero-order valence-electron chi connectivity index (χ0n) is 16.6. The molecule has 5 nitrogen and oxygen atoms in total. The summed E-state index contributed by atoms with van der Waals surface area (Å²) in [5, 5.41) is 0.725. The van der Waals surface area contributed by atoms with Gasteiger partial charge in [0, 0.05) is 11.4 Å². The fourth-order valence-electron chi connectivity index (χ4n) is 3.09. The lowest BCUT2D eigenvalue weighted by Gasteiger charge is -2.23.